The number of ether oxygens (including phenoxy) is 2. The molecular weight excluding hydrogens is 705 g/mol. The molecule has 10 nitrogen and oxygen atoms in total. The molecule has 0 aliphatic carbocycles. The topological polar surface area (TPSA) is 155 Å². The zero-order chi connectivity index (χ0) is 39.8. The van der Waals surface area contributed by atoms with Crippen molar-refractivity contribution in [1.82, 2.24) is 0 Å². The first kappa shape index (κ1) is 51.7. The fraction of sp³-hybridized carbons (Fsp3) is 0.721. The molecule has 0 fully saturated rings. The molecule has 0 rings (SSSR count). The Bertz CT molecular complexity index is 1090. The average Bonchev–Trinajstić information content (AvgIpc) is 3.15. The fourth-order valence-corrected chi connectivity index (χ4v) is 6.06. The number of nitrogens with two attached hydrogens (primary N) is 1. The van der Waals surface area contributed by atoms with Crippen LogP contribution in [0.2, 0.25) is 0 Å². The van der Waals surface area contributed by atoms with Gasteiger partial charge in [0.1, 0.15) is 6.61 Å². The number of rotatable bonds is 38. The summed E-state index contributed by atoms with van der Waals surface area (Å²) in [6, 6.07) is 0. The number of allylic oxidation sites excluding steroid dienone is 8. The van der Waals surface area contributed by atoms with Crippen molar-refractivity contribution in [3.8, 4) is 0 Å². The maximum Gasteiger partial charge on any atom is 0.472 e. The Kier molecular flexibility index (Phi) is 37.2. The van der Waals surface area contributed by atoms with Gasteiger partial charge >= 0.3 is 19.8 Å². The Labute approximate surface area is 328 Å². The molecule has 11 heteroatoms. The molecular formula is C43H76NO9P. The minimum absolute atomic E-state index is 0.0341. The van der Waals surface area contributed by atoms with Crippen LogP contribution in [-0.2, 0) is 32.7 Å². The van der Waals surface area contributed by atoms with Crippen LogP contribution in [0, 0.1) is 0 Å². The highest BCUT2D eigenvalue weighted by Crippen LogP contribution is 2.43. The van der Waals surface area contributed by atoms with Gasteiger partial charge in [-0.05, 0) is 70.6 Å². The second-order valence-electron chi connectivity index (χ2n) is 13.7. The van der Waals surface area contributed by atoms with Crippen LogP contribution in [0.3, 0.4) is 0 Å². The van der Waals surface area contributed by atoms with E-state index >= 15 is 0 Å². The zero-order valence-electron chi connectivity index (χ0n) is 33.8. The molecule has 3 atom stereocenters. The molecule has 0 aliphatic rings. The highest BCUT2D eigenvalue weighted by atomic mass is 31.2. The Balaban J connectivity index is 4.35. The van der Waals surface area contributed by atoms with Gasteiger partial charge in [-0.3, -0.25) is 18.6 Å². The Morgan fingerprint density at radius 2 is 1.20 bits per heavy atom. The van der Waals surface area contributed by atoms with Crippen molar-refractivity contribution in [1.29, 1.82) is 0 Å². The third-order valence-corrected chi connectivity index (χ3v) is 9.44. The molecule has 0 spiro atoms. The standard InChI is InChI=1S/C43H76NO9P/c1-3-5-7-9-11-12-13-14-15-16-17-18-23-27-31-35-43(47)53-41(39-52-54(48,49)51-37-36-44)38-50-42(46)34-30-26-22-20-19-21-25-29-33-40(45)32-28-24-10-8-6-4-2/h12-13,20-22,24-25,28-29,33,40-41,45H,3-11,14-19,23,26-27,30-32,34-39,44H2,1-2H3,(H,48,49)/b13-12-,22-20-,25-21-,28-24-,33-29+/t40-,41-/m1/s1. The van der Waals surface area contributed by atoms with E-state index < -0.39 is 38.6 Å². The molecule has 0 radical (unpaired) electrons. The normalized spacial score (nSPS) is 14.5. The average molecular weight is 782 g/mol. The predicted octanol–water partition coefficient (Wildman–Crippen LogP) is 10.7. The number of phosphoric ester groups is 1. The second-order valence-corrected chi connectivity index (χ2v) is 15.2. The van der Waals surface area contributed by atoms with E-state index in [9.17, 15) is 24.2 Å². The molecule has 4 N–H and O–H groups in total. The zero-order valence-corrected chi connectivity index (χ0v) is 34.7. The molecule has 0 heterocycles. The largest absolute Gasteiger partial charge is 0.472 e. The van der Waals surface area contributed by atoms with E-state index in [2.05, 4.69) is 32.1 Å². The number of unbranched alkanes of at least 4 members (excludes halogenated alkanes) is 15. The minimum Gasteiger partial charge on any atom is -0.462 e. The molecule has 0 aliphatic heterocycles. The lowest BCUT2D eigenvalue weighted by Crippen LogP contribution is -2.29. The van der Waals surface area contributed by atoms with Crippen molar-refractivity contribution in [2.24, 2.45) is 5.73 Å². The van der Waals surface area contributed by atoms with E-state index in [1.165, 1.54) is 70.6 Å². The minimum atomic E-state index is -4.40. The predicted molar refractivity (Wildman–Crippen MR) is 221 cm³/mol. The summed E-state index contributed by atoms with van der Waals surface area (Å²) in [7, 11) is -4.40. The van der Waals surface area contributed by atoms with Crippen molar-refractivity contribution in [2.75, 3.05) is 26.4 Å². The van der Waals surface area contributed by atoms with E-state index in [1.807, 2.05) is 36.5 Å². The Morgan fingerprint density at radius 1 is 0.648 bits per heavy atom. The van der Waals surface area contributed by atoms with Gasteiger partial charge in [0.2, 0.25) is 0 Å². The molecule has 1 unspecified atom stereocenters. The summed E-state index contributed by atoms with van der Waals surface area (Å²) in [5, 5.41) is 10.0. The SMILES string of the molecule is CCCCC/C=C\C[C@@H](O)/C=C/C=C\C/C=C\CCCC(=O)OC[C@H](COP(=O)(O)OCCN)OC(=O)CCCCCCCCC/C=C\CCCCCC. The van der Waals surface area contributed by atoms with Crippen LogP contribution in [0.5, 0.6) is 0 Å². The van der Waals surface area contributed by atoms with Crippen molar-refractivity contribution in [2.45, 2.75) is 174 Å². The van der Waals surface area contributed by atoms with Gasteiger partial charge in [0.15, 0.2) is 6.10 Å². The van der Waals surface area contributed by atoms with Crippen LogP contribution in [0.1, 0.15) is 162 Å². The van der Waals surface area contributed by atoms with Gasteiger partial charge in [0.25, 0.3) is 0 Å². The Morgan fingerprint density at radius 3 is 1.89 bits per heavy atom. The van der Waals surface area contributed by atoms with Crippen molar-refractivity contribution >= 4 is 19.8 Å². The number of aliphatic hydroxyl groups excluding tert-OH is 1. The number of hydrogen-bond acceptors (Lipinski definition) is 9. The molecule has 312 valence electrons. The summed E-state index contributed by atoms with van der Waals surface area (Å²) in [5.74, 6) is -0.943. The van der Waals surface area contributed by atoms with E-state index in [0.29, 0.717) is 25.7 Å². The molecule has 0 saturated heterocycles. The molecule has 54 heavy (non-hydrogen) atoms. The third-order valence-electron chi connectivity index (χ3n) is 8.46. The summed E-state index contributed by atoms with van der Waals surface area (Å²) in [5.41, 5.74) is 5.33. The lowest BCUT2D eigenvalue weighted by molar-refractivity contribution is -0.161. The first-order chi connectivity index (χ1) is 26.2. The summed E-state index contributed by atoms with van der Waals surface area (Å²) in [6.45, 7) is 3.51. The smallest absolute Gasteiger partial charge is 0.462 e. The fourth-order valence-electron chi connectivity index (χ4n) is 5.29. The van der Waals surface area contributed by atoms with E-state index in [1.54, 1.807) is 6.08 Å². The van der Waals surface area contributed by atoms with Gasteiger partial charge in [-0.25, -0.2) is 4.57 Å². The van der Waals surface area contributed by atoms with Gasteiger partial charge in [0, 0.05) is 19.4 Å². The quantitative estimate of drug-likeness (QED) is 0.0181. The first-order valence-corrected chi connectivity index (χ1v) is 22.4. The van der Waals surface area contributed by atoms with Crippen LogP contribution in [0.4, 0.5) is 0 Å². The maximum absolute atomic E-state index is 12.6. The molecule has 0 saturated carbocycles. The number of hydrogen-bond donors (Lipinski definition) is 3. The molecule has 0 aromatic heterocycles. The maximum atomic E-state index is 12.6. The highest BCUT2D eigenvalue weighted by Gasteiger charge is 2.25. The monoisotopic (exact) mass is 782 g/mol. The summed E-state index contributed by atoms with van der Waals surface area (Å²) < 4.78 is 32.6. The van der Waals surface area contributed by atoms with Gasteiger partial charge in [-0.1, -0.05) is 139 Å². The lowest BCUT2D eigenvalue weighted by Gasteiger charge is -2.19. The molecule has 0 aromatic rings. The lowest BCUT2D eigenvalue weighted by atomic mass is 10.1. The van der Waals surface area contributed by atoms with Gasteiger partial charge in [0.05, 0.1) is 19.3 Å². The molecule has 0 aromatic carbocycles. The number of phosphoric acid groups is 1. The van der Waals surface area contributed by atoms with Gasteiger partial charge in [-0.2, -0.15) is 0 Å². The number of carbonyl (C=O) groups excluding carboxylic acids is 2. The molecule has 0 amide bonds. The summed E-state index contributed by atoms with van der Waals surface area (Å²) in [6.07, 6.45) is 41.4. The van der Waals surface area contributed by atoms with E-state index in [4.69, 9.17) is 24.3 Å². The summed E-state index contributed by atoms with van der Waals surface area (Å²) >= 11 is 0. The van der Waals surface area contributed by atoms with Crippen molar-refractivity contribution in [3.05, 3.63) is 60.8 Å². The van der Waals surface area contributed by atoms with E-state index in [-0.39, 0.29) is 32.6 Å². The van der Waals surface area contributed by atoms with Crippen molar-refractivity contribution < 1.29 is 42.7 Å². The van der Waals surface area contributed by atoms with Crippen LogP contribution in [-0.4, -0.2) is 60.5 Å². The highest BCUT2D eigenvalue weighted by molar-refractivity contribution is 7.47. The second kappa shape index (κ2) is 38.9. The van der Waals surface area contributed by atoms with Gasteiger partial charge < -0.3 is 25.2 Å². The van der Waals surface area contributed by atoms with E-state index in [0.717, 1.165) is 38.5 Å². The third kappa shape index (κ3) is 38.0. The Hall–Kier alpha value is -2.33. The van der Waals surface area contributed by atoms with Crippen LogP contribution >= 0.6 is 7.82 Å². The van der Waals surface area contributed by atoms with Crippen LogP contribution in [0.15, 0.2) is 60.8 Å². The number of aliphatic hydroxyl groups is 1. The van der Waals surface area contributed by atoms with Crippen LogP contribution < -0.4 is 5.73 Å². The number of esters is 2. The van der Waals surface area contributed by atoms with Gasteiger partial charge in [-0.15, -0.1) is 0 Å². The first-order valence-electron chi connectivity index (χ1n) is 20.9. The summed E-state index contributed by atoms with van der Waals surface area (Å²) in [4.78, 5) is 34.8. The number of carbonyl (C=O) groups is 2. The van der Waals surface area contributed by atoms with Crippen molar-refractivity contribution in [3.63, 3.8) is 0 Å². The van der Waals surface area contributed by atoms with Crippen LogP contribution in [0.25, 0.3) is 0 Å². The molecule has 0 bridgehead atoms.